The molecular weight excluding hydrogens is 346 g/mol. The van der Waals surface area contributed by atoms with Gasteiger partial charge in [-0.05, 0) is 18.2 Å². The first-order valence-electron chi connectivity index (χ1n) is 7.74. The molecule has 2 heterocycles. The molecule has 0 radical (unpaired) electrons. The van der Waals surface area contributed by atoms with Gasteiger partial charge in [0.25, 0.3) is 11.8 Å². The molecule has 1 aliphatic rings. The zero-order valence-corrected chi connectivity index (χ0v) is 14.4. The Morgan fingerprint density at radius 3 is 2.60 bits per heavy atom. The highest BCUT2D eigenvalue weighted by Gasteiger charge is 2.22. The Balaban J connectivity index is 0.00000225. The van der Waals surface area contributed by atoms with Crippen molar-refractivity contribution in [2.75, 3.05) is 31.6 Å². The van der Waals surface area contributed by atoms with Gasteiger partial charge in [-0.1, -0.05) is 12.1 Å². The van der Waals surface area contributed by atoms with E-state index in [0.717, 1.165) is 0 Å². The van der Waals surface area contributed by atoms with Gasteiger partial charge in [0.2, 0.25) is 0 Å². The van der Waals surface area contributed by atoms with E-state index in [9.17, 15) is 9.59 Å². The standard InChI is InChI=1S/C17H19N3O4.ClH/c18-10-13-9-12(11-24-13)16(21)19-15-4-2-1-3-14(15)17(22)20-5-7-23-8-6-20;/h1-4,9,11H,5-8,10,18H2,(H,19,21);1H. The highest BCUT2D eigenvalue weighted by molar-refractivity contribution is 6.08. The molecule has 25 heavy (non-hydrogen) atoms. The van der Waals surface area contributed by atoms with Crippen LogP contribution in [-0.4, -0.2) is 43.0 Å². The fraction of sp³-hybridized carbons (Fsp3) is 0.294. The maximum absolute atomic E-state index is 12.7. The Morgan fingerprint density at radius 2 is 1.92 bits per heavy atom. The van der Waals surface area contributed by atoms with Crippen molar-refractivity contribution in [2.45, 2.75) is 6.54 Å². The summed E-state index contributed by atoms with van der Waals surface area (Å²) in [6, 6.07) is 8.53. The van der Waals surface area contributed by atoms with Gasteiger partial charge in [-0.15, -0.1) is 12.4 Å². The van der Waals surface area contributed by atoms with Crippen molar-refractivity contribution < 1.29 is 18.7 Å². The van der Waals surface area contributed by atoms with Crippen LogP contribution >= 0.6 is 12.4 Å². The van der Waals surface area contributed by atoms with Crippen LogP contribution in [-0.2, 0) is 11.3 Å². The molecule has 1 aliphatic heterocycles. The van der Waals surface area contributed by atoms with Crippen molar-refractivity contribution in [1.29, 1.82) is 0 Å². The number of para-hydroxylation sites is 1. The van der Waals surface area contributed by atoms with Gasteiger partial charge in [0.05, 0.1) is 36.6 Å². The molecule has 7 nitrogen and oxygen atoms in total. The molecular formula is C17H20ClN3O4. The van der Waals surface area contributed by atoms with Crippen molar-refractivity contribution in [3.63, 3.8) is 0 Å². The van der Waals surface area contributed by atoms with Crippen molar-refractivity contribution in [2.24, 2.45) is 5.73 Å². The number of nitrogens with one attached hydrogen (secondary N) is 1. The molecule has 2 aromatic rings. The Kier molecular flexibility index (Phi) is 6.58. The summed E-state index contributed by atoms with van der Waals surface area (Å²) in [5.41, 5.74) is 6.76. The summed E-state index contributed by atoms with van der Waals surface area (Å²) in [7, 11) is 0. The van der Waals surface area contributed by atoms with Gasteiger partial charge < -0.3 is 25.1 Å². The van der Waals surface area contributed by atoms with Crippen molar-refractivity contribution in [1.82, 2.24) is 4.90 Å². The fourth-order valence-corrected chi connectivity index (χ4v) is 2.52. The first-order valence-corrected chi connectivity index (χ1v) is 7.74. The monoisotopic (exact) mass is 365 g/mol. The average molecular weight is 366 g/mol. The van der Waals surface area contributed by atoms with Crippen molar-refractivity contribution in [3.8, 4) is 0 Å². The number of halogens is 1. The van der Waals surface area contributed by atoms with E-state index in [1.54, 1.807) is 35.2 Å². The SMILES string of the molecule is Cl.NCc1cc(C(=O)Nc2ccccc2C(=O)N2CCOCC2)co1. The van der Waals surface area contributed by atoms with Crippen LogP contribution in [0.15, 0.2) is 41.0 Å². The van der Waals surface area contributed by atoms with Crippen LogP contribution in [0.25, 0.3) is 0 Å². The zero-order valence-electron chi connectivity index (χ0n) is 13.6. The number of nitrogens with two attached hydrogens (primary N) is 1. The summed E-state index contributed by atoms with van der Waals surface area (Å²) in [6.07, 6.45) is 1.35. The third-order valence-electron chi connectivity index (χ3n) is 3.82. The van der Waals surface area contributed by atoms with E-state index in [4.69, 9.17) is 14.9 Å². The third kappa shape index (κ3) is 4.39. The summed E-state index contributed by atoms with van der Waals surface area (Å²) in [6.45, 7) is 2.36. The van der Waals surface area contributed by atoms with Gasteiger partial charge in [0.15, 0.2) is 0 Å². The van der Waals surface area contributed by atoms with Gasteiger partial charge in [0, 0.05) is 13.1 Å². The minimum absolute atomic E-state index is 0. The maximum Gasteiger partial charge on any atom is 0.258 e. The quantitative estimate of drug-likeness (QED) is 0.862. The minimum Gasteiger partial charge on any atom is -0.467 e. The van der Waals surface area contributed by atoms with Crippen LogP contribution in [0.2, 0.25) is 0 Å². The number of hydrogen-bond donors (Lipinski definition) is 2. The number of amides is 2. The zero-order chi connectivity index (χ0) is 16.9. The molecule has 134 valence electrons. The summed E-state index contributed by atoms with van der Waals surface area (Å²) in [4.78, 5) is 26.7. The number of ether oxygens (including phenoxy) is 1. The Morgan fingerprint density at radius 1 is 1.20 bits per heavy atom. The average Bonchev–Trinajstić information content (AvgIpc) is 3.12. The lowest BCUT2D eigenvalue weighted by Gasteiger charge is -2.27. The lowest BCUT2D eigenvalue weighted by molar-refractivity contribution is 0.0303. The fourth-order valence-electron chi connectivity index (χ4n) is 2.52. The summed E-state index contributed by atoms with van der Waals surface area (Å²) in [5.74, 6) is 0.0579. The van der Waals surface area contributed by atoms with Gasteiger partial charge in [0.1, 0.15) is 12.0 Å². The molecule has 0 bridgehead atoms. The molecule has 0 spiro atoms. The number of benzene rings is 1. The van der Waals surface area contributed by atoms with Crippen LogP contribution in [0.1, 0.15) is 26.5 Å². The molecule has 1 aromatic carbocycles. The molecule has 3 rings (SSSR count). The molecule has 1 fully saturated rings. The van der Waals surface area contributed by atoms with E-state index in [1.165, 1.54) is 6.26 Å². The number of hydrogen-bond acceptors (Lipinski definition) is 5. The molecule has 2 amide bonds. The highest BCUT2D eigenvalue weighted by atomic mass is 35.5. The first kappa shape index (κ1) is 19.0. The molecule has 1 saturated heterocycles. The van der Waals surface area contributed by atoms with Crippen LogP contribution in [0.3, 0.4) is 0 Å². The molecule has 3 N–H and O–H groups in total. The molecule has 1 aromatic heterocycles. The second kappa shape index (κ2) is 8.66. The molecule has 8 heteroatoms. The molecule has 0 unspecified atom stereocenters. The molecule has 0 atom stereocenters. The second-order valence-electron chi connectivity index (χ2n) is 5.41. The predicted molar refractivity (Wildman–Crippen MR) is 95.0 cm³/mol. The van der Waals surface area contributed by atoms with E-state index >= 15 is 0 Å². The number of carbonyl (C=O) groups is 2. The van der Waals surface area contributed by atoms with Crippen molar-refractivity contribution >= 4 is 29.9 Å². The highest BCUT2D eigenvalue weighted by Crippen LogP contribution is 2.19. The maximum atomic E-state index is 12.7. The third-order valence-corrected chi connectivity index (χ3v) is 3.82. The topological polar surface area (TPSA) is 97.8 Å². The van der Waals surface area contributed by atoms with Crippen LogP contribution < -0.4 is 11.1 Å². The largest absolute Gasteiger partial charge is 0.467 e. The number of furan rings is 1. The Bertz CT molecular complexity index is 741. The van der Waals surface area contributed by atoms with Crippen LogP contribution in [0.5, 0.6) is 0 Å². The smallest absolute Gasteiger partial charge is 0.258 e. The predicted octanol–water partition coefficient (Wildman–Crippen LogP) is 1.88. The number of carbonyl (C=O) groups excluding carboxylic acids is 2. The van der Waals surface area contributed by atoms with E-state index in [1.807, 2.05) is 0 Å². The summed E-state index contributed by atoms with van der Waals surface area (Å²) < 4.78 is 10.4. The summed E-state index contributed by atoms with van der Waals surface area (Å²) >= 11 is 0. The summed E-state index contributed by atoms with van der Waals surface area (Å²) in [5, 5.41) is 2.77. The Hall–Kier alpha value is -2.35. The van der Waals surface area contributed by atoms with E-state index in [-0.39, 0.29) is 30.8 Å². The second-order valence-corrected chi connectivity index (χ2v) is 5.41. The Labute approximate surface area is 151 Å². The van der Waals surface area contributed by atoms with Gasteiger partial charge in [-0.2, -0.15) is 0 Å². The molecule has 0 aliphatic carbocycles. The van der Waals surface area contributed by atoms with Gasteiger partial charge in [-0.3, -0.25) is 9.59 Å². The number of anilines is 1. The normalized spacial score (nSPS) is 13.9. The number of morpholine rings is 1. The number of nitrogens with zero attached hydrogens (tertiary/aromatic N) is 1. The number of rotatable bonds is 4. The minimum atomic E-state index is -0.347. The van der Waals surface area contributed by atoms with Gasteiger partial charge in [-0.25, -0.2) is 0 Å². The van der Waals surface area contributed by atoms with Crippen LogP contribution in [0, 0.1) is 0 Å². The van der Waals surface area contributed by atoms with E-state index in [0.29, 0.717) is 48.9 Å². The lowest BCUT2D eigenvalue weighted by atomic mass is 10.1. The van der Waals surface area contributed by atoms with Crippen molar-refractivity contribution in [3.05, 3.63) is 53.5 Å². The van der Waals surface area contributed by atoms with Gasteiger partial charge >= 0.3 is 0 Å². The van der Waals surface area contributed by atoms with Crippen LogP contribution in [0.4, 0.5) is 5.69 Å². The van der Waals surface area contributed by atoms with E-state index in [2.05, 4.69) is 5.32 Å². The molecule has 0 saturated carbocycles. The lowest BCUT2D eigenvalue weighted by Crippen LogP contribution is -2.41. The first-order chi connectivity index (χ1) is 11.7. The van der Waals surface area contributed by atoms with E-state index < -0.39 is 0 Å².